The minimum atomic E-state index is -0.867. The summed E-state index contributed by atoms with van der Waals surface area (Å²) >= 11 is 0. The van der Waals surface area contributed by atoms with Crippen LogP contribution >= 0.6 is 0 Å². The van der Waals surface area contributed by atoms with Gasteiger partial charge >= 0.3 is 11.4 Å². The second kappa shape index (κ2) is 4.81. The van der Waals surface area contributed by atoms with Gasteiger partial charge in [-0.3, -0.25) is 30.3 Å². The first-order chi connectivity index (χ1) is 11.9. The Balaban J connectivity index is 2.40. The topological polar surface area (TPSA) is 129 Å². The van der Waals surface area contributed by atoms with Gasteiger partial charge in [-0.1, -0.05) is 24.3 Å². The van der Waals surface area contributed by atoms with Crippen molar-refractivity contribution >= 4 is 49.4 Å². The number of nitro benzene ring substituents is 3. The molecule has 0 spiro atoms. The lowest BCUT2D eigenvalue weighted by Gasteiger charge is -2.11. The monoisotopic (exact) mass is 337 g/mol. The van der Waals surface area contributed by atoms with Crippen molar-refractivity contribution in [1.82, 2.24) is 0 Å². The molecule has 0 unspecified atom stereocenters. The molecule has 122 valence electrons. The highest BCUT2D eigenvalue weighted by Crippen LogP contribution is 2.46. The molecule has 0 saturated heterocycles. The molecule has 4 aromatic rings. The van der Waals surface area contributed by atoms with E-state index in [0.29, 0.717) is 26.9 Å². The minimum Gasteiger partial charge on any atom is -0.258 e. The quantitative estimate of drug-likeness (QED) is 0.311. The average molecular weight is 337 g/mol. The van der Waals surface area contributed by atoms with E-state index < -0.39 is 26.1 Å². The Hall–Kier alpha value is -3.88. The number of rotatable bonds is 3. The fourth-order valence-corrected chi connectivity index (χ4v) is 3.33. The first-order valence-corrected chi connectivity index (χ1v) is 7.08. The normalized spacial score (nSPS) is 11.4. The van der Waals surface area contributed by atoms with E-state index in [9.17, 15) is 30.3 Å². The Bertz CT molecular complexity index is 1230. The highest BCUT2D eigenvalue weighted by molar-refractivity contribution is 6.27. The van der Waals surface area contributed by atoms with Crippen molar-refractivity contribution in [1.29, 1.82) is 0 Å². The lowest BCUT2D eigenvalue weighted by Crippen LogP contribution is -2.00. The summed E-state index contributed by atoms with van der Waals surface area (Å²) in [5, 5.41) is 36.4. The largest absolute Gasteiger partial charge is 0.354 e. The summed E-state index contributed by atoms with van der Waals surface area (Å²) in [6, 6.07) is 10.4. The number of nitrogens with zero attached hydrogens (tertiary/aromatic N) is 3. The van der Waals surface area contributed by atoms with E-state index in [2.05, 4.69) is 0 Å². The van der Waals surface area contributed by atoms with E-state index in [1.165, 1.54) is 0 Å². The predicted octanol–water partition coefficient (Wildman–Crippen LogP) is 4.31. The molecule has 0 fully saturated rings. The van der Waals surface area contributed by atoms with Crippen LogP contribution in [0.25, 0.3) is 32.3 Å². The van der Waals surface area contributed by atoms with Gasteiger partial charge in [0.25, 0.3) is 5.69 Å². The second-order valence-corrected chi connectivity index (χ2v) is 5.53. The van der Waals surface area contributed by atoms with Gasteiger partial charge in [-0.15, -0.1) is 0 Å². The molecule has 0 aliphatic heterocycles. The molecule has 9 nitrogen and oxygen atoms in total. The fourth-order valence-electron chi connectivity index (χ4n) is 3.33. The zero-order valence-electron chi connectivity index (χ0n) is 12.3. The molecular formula is C16H7N3O6. The molecule has 4 rings (SSSR count). The van der Waals surface area contributed by atoms with Crippen LogP contribution in [0.4, 0.5) is 17.1 Å². The molecule has 4 aromatic carbocycles. The van der Waals surface area contributed by atoms with E-state index in [-0.39, 0.29) is 11.1 Å². The van der Waals surface area contributed by atoms with Gasteiger partial charge in [0.05, 0.1) is 25.5 Å². The summed E-state index contributed by atoms with van der Waals surface area (Å²) < 4.78 is 0. The Labute approximate surface area is 137 Å². The summed E-state index contributed by atoms with van der Waals surface area (Å²) in [5.41, 5.74) is -1.75. The van der Waals surface area contributed by atoms with Crippen molar-refractivity contribution < 1.29 is 14.8 Å². The van der Waals surface area contributed by atoms with Crippen LogP contribution in [0.15, 0.2) is 42.5 Å². The minimum absolute atomic E-state index is 0.106. The summed E-state index contributed by atoms with van der Waals surface area (Å²) in [5.74, 6) is 0. The van der Waals surface area contributed by atoms with E-state index in [1.54, 1.807) is 30.3 Å². The van der Waals surface area contributed by atoms with Crippen LogP contribution in [-0.2, 0) is 0 Å². The molecule has 25 heavy (non-hydrogen) atoms. The highest BCUT2D eigenvalue weighted by atomic mass is 16.6. The maximum absolute atomic E-state index is 11.5. The standard InChI is InChI=1S/C16H7N3O6/c20-17(21)12-7-11-15-9(6-13(18(22)23)16(11)19(24)25)5-4-8-2-1-3-10(12)14(8)15/h1-7H. The lowest BCUT2D eigenvalue weighted by atomic mass is 9.92. The molecule has 0 aliphatic rings. The van der Waals surface area contributed by atoms with Crippen molar-refractivity contribution in [3.63, 3.8) is 0 Å². The molecule has 0 amide bonds. The fraction of sp³-hybridized carbons (Fsp3) is 0. The van der Waals surface area contributed by atoms with Crippen LogP contribution in [0.5, 0.6) is 0 Å². The van der Waals surface area contributed by atoms with E-state index >= 15 is 0 Å². The number of nitro groups is 3. The molecular weight excluding hydrogens is 330 g/mol. The molecule has 0 bridgehead atoms. The van der Waals surface area contributed by atoms with E-state index in [0.717, 1.165) is 12.1 Å². The number of hydrogen-bond donors (Lipinski definition) is 0. The van der Waals surface area contributed by atoms with Gasteiger partial charge in [-0.25, -0.2) is 0 Å². The first-order valence-electron chi connectivity index (χ1n) is 7.08. The lowest BCUT2D eigenvalue weighted by molar-refractivity contribution is -0.421. The summed E-state index contributed by atoms with van der Waals surface area (Å²) in [6.45, 7) is 0. The van der Waals surface area contributed by atoms with Crippen molar-refractivity contribution in [2.45, 2.75) is 0 Å². The molecule has 0 saturated carbocycles. The molecule has 9 heteroatoms. The van der Waals surface area contributed by atoms with Crippen LogP contribution in [0.3, 0.4) is 0 Å². The van der Waals surface area contributed by atoms with Crippen molar-refractivity contribution in [3.8, 4) is 0 Å². The van der Waals surface area contributed by atoms with Gasteiger partial charge in [0.1, 0.15) is 0 Å². The zero-order chi connectivity index (χ0) is 17.9. The van der Waals surface area contributed by atoms with Crippen LogP contribution in [0, 0.1) is 30.3 Å². The van der Waals surface area contributed by atoms with Gasteiger partial charge in [-0.2, -0.15) is 0 Å². The van der Waals surface area contributed by atoms with E-state index in [1.807, 2.05) is 0 Å². The molecule has 0 N–H and O–H groups in total. The molecule has 0 aliphatic carbocycles. The second-order valence-electron chi connectivity index (χ2n) is 5.53. The zero-order valence-corrected chi connectivity index (χ0v) is 12.3. The maximum atomic E-state index is 11.5. The van der Waals surface area contributed by atoms with Gasteiger partial charge in [-0.05, 0) is 16.8 Å². The van der Waals surface area contributed by atoms with Gasteiger partial charge in [0, 0.05) is 22.9 Å². The number of hydrogen-bond acceptors (Lipinski definition) is 6. The maximum Gasteiger partial charge on any atom is 0.354 e. The smallest absolute Gasteiger partial charge is 0.258 e. The average Bonchev–Trinajstić information content (AvgIpc) is 2.57. The third-order valence-corrected chi connectivity index (χ3v) is 4.27. The first kappa shape index (κ1) is 14.7. The van der Waals surface area contributed by atoms with Gasteiger partial charge in [0.2, 0.25) is 0 Å². The summed E-state index contributed by atoms with van der Waals surface area (Å²) in [7, 11) is 0. The third-order valence-electron chi connectivity index (χ3n) is 4.27. The number of benzene rings is 4. The Morgan fingerprint density at radius 2 is 1.28 bits per heavy atom. The SMILES string of the molecule is O=[N+]([O-])c1cc2ccc3cccc4c([N+](=O)[O-])cc(c1[N+](=O)[O-])c2c34. The van der Waals surface area contributed by atoms with Crippen LogP contribution in [0.1, 0.15) is 0 Å². The molecule has 0 aromatic heterocycles. The van der Waals surface area contributed by atoms with Crippen molar-refractivity contribution in [2.75, 3.05) is 0 Å². The predicted molar refractivity (Wildman–Crippen MR) is 90.1 cm³/mol. The van der Waals surface area contributed by atoms with Crippen molar-refractivity contribution in [3.05, 3.63) is 72.8 Å². The Morgan fingerprint density at radius 1 is 0.640 bits per heavy atom. The van der Waals surface area contributed by atoms with Gasteiger partial charge < -0.3 is 0 Å². The summed E-state index contributed by atoms with van der Waals surface area (Å²) in [4.78, 5) is 31.9. The Kier molecular flexibility index (Phi) is 2.83. The van der Waals surface area contributed by atoms with Crippen LogP contribution in [0.2, 0.25) is 0 Å². The molecule has 0 radical (unpaired) electrons. The van der Waals surface area contributed by atoms with Crippen molar-refractivity contribution in [2.24, 2.45) is 0 Å². The molecule has 0 heterocycles. The Morgan fingerprint density at radius 3 is 1.92 bits per heavy atom. The summed E-state index contributed by atoms with van der Waals surface area (Å²) in [6.07, 6.45) is 0. The van der Waals surface area contributed by atoms with Gasteiger partial charge in [0.15, 0.2) is 0 Å². The third kappa shape index (κ3) is 1.89. The highest BCUT2D eigenvalue weighted by Gasteiger charge is 2.32. The number of non-ortho nitro benzene ring substituents is 1. The van der Waals surface area contributed by atoms with Crippen LogP contribution < -0.4 is 0 Å². The molecule has 0 atom stereocenters. The van der Waals surface area contributed by atoms with Crippen LogP contribution in [-0.4, -0.2) is 14.8 Å². The van der Waals surface area contributed by atoms with E-state index in [4.69, 9.17) is 0 Å².